The lowest BCUT2D eigenvalue weighted by atomic mass is 10.2. The molecule has 0 spiro atoms. The first kappa shape index (κ1) is 15.6. The number of morpholine rings is 1. The molecule has 2 rings (SSSR count). The second-order valence-electron chi connectivity index (χ2n) is 4.53. The van der Waals surface area contributed by atoms with Gasteiger partial charge in [-0.25, -0.2) is 4.99 Å². The Kier molecular flexibility index (Phi) is 6.77. The highest BCUT2D eigenvalue weighted by Gasteiger charge is 2.18. The smallest absolute Gasteiger partial charge is 0.191 e. The van der Waals surface area contributed by atoms with E-state index in [9.17, 15) is 0 Å². The Morgan fingerprint density at radius 1 is 1.56 bits per heavy atom. The Hall–Kier alpha value is -0.500. The van der Waals surface area contributed by atoms with Gasteiger partial charge in [-0.1, -0.05) is 0 Å². The van der Waals surface area contributed by atoms with Crippen LogP contribution in [-0.4, -0.2) is 49.3 Å². The fourth-order valence-corrected chi connectivity index (χ4v) is 2.04. The van der Waals surface area contributed by atoms with Crippen LogP contribution in [0.5, 0.6) is 0 Å². The maximum atomic E-state index is 5.97. The molecule has 0 bridgehead atoms. The van der Waals surface area contributed by atoms with E-state index < -0.39 is 0 Å². The van der Waals surface area contributed by atoms with Crippen LogP contribution < -0.4 is 5.73 Å². The molecule has 0 aliphatic carbocycles. The fourth-order valence-electron chi connectivity index (χ4n) is 2.04. The number of hydrogen-bond acceptors (Lipinski definition) is 3. The Morgan fingerprint density at radius 2 is 2.39 bits per heavy atom. The zero-order valence-electron chi connectivity index (χ0n) is 10.7. The Labute approximate surface area is 125 Å². The van der Waals surface area contributed by atoms with Gasteiger partial charge in [0.25, 0.3) is 0 Å². The van der Waals surface area contributed by atoms with Gasteiger partial charge < -0.3 is 20.1 Å². The zero-order valence-corrected chi connectivity index (χ0v) is 13.1. The highest BCUT2D eigenvalue weighted by Crippen LogP contribution is 2.10. The van der Waals surface area contributed by atoms with E-state index in [1.807, 2.05) is 6.08 Å². The van der Waals surface area contributed by atoms with Crippen molar-refractivity contribution < 1.29 is 9.47 Å². The van der Waals surface area contributed by atoms with Gasteiger partial charge in [0.1, 0.15) is 6.10 Å². The van der Waals surface area contributed by atoms with E-state index in [-0.39, 0.29) is 36.2 Å². The predicted octanol–water partition coefficient (Wildman–Crippen LogP) is 1.33. The van der Waals surface area contributed by atoms with Gasteiger partial charge in [0.05, 0.1) is 25.5 Å². The lowest BCUT2D eigenvalue weighted by Crippen LogP contribution is -2.48. The van der Waals surface area contributed by atoms with Gasteiger partial charge in [-0.05, 0) is 25.8 Å². The SMILES string of the molecule is CC1CN(C(N)=NCC2CCC=CO2)CCO1.I. The number of guanidine groups is 1. The first-order valence-electron chi connectivity index (χ1n) is 6.22. The molecule has 0 aromatic heterocycles. The van der Waals surface area contributed by atoms with Gasteiger partial charge >= 0.3 is 0 Å². The zero-order chi connectivity index (χ0) is 12.1. The summed E-state index contributed by atoms with van der Waals surface area (Å²) in [5.41, 5.74) is 5.97. The van der Waals surface area contributed by atoms with Crippen LogP contribution in [0.2, 0.25) is 0 Å². The lowest BCUT2D eigenvalue weighted by Gasteiger charge is -2.32. The number of aliphatic imine (C=N–C) groups is 1. The summed E-state index contributed by atoms with van der Waals surface area (Å²) in [5, 5.41) is 0. The topological polar surface area (TPSA) is 60.1 Å². The number of ether oxygens (including phenoxy) is 2. The predicted molar refractivity (Wildman–Crippen MR) is 82.1 cm³/mol. The molecule has 2 atom stereocenters. The first-order valence-corrected chi connectivity index (χ1v) is 6.22. The van der Waals surface area contributed by atoms with Crippen molar-refractivity contribution in [2.75, 3.05) is 26.2 Å². The van der Waals surface area contributed by atoms with E-state index in [1.54, 1.807) is 6.26 Å². The maximum absolute atomic E-state index is 5.97. The van der Waals surface area contributed by atoms with Crippen LogP contribution >= 0.6 is 24.0 Å². The van der Waals surface area contributed by atoms with E-state index in [1.165, 1.54) is 0 Å². The Bertz CT molecular complexity index is 310. The number of hydrogen-bond donors (Lipinski definition) is 1. The van der Waals surface area contributed by atoms with Crippen molar-refractivity contribution in [3.05, 3.63) is 12.3 Å². The molecule has 2 unspecified atom stereocenters. The number of rotatable bonds is 2. The van der Waals surface area contributed by atoms with Gasteiger partial charge in [-0.2, -0.15) is 0 Å². The molecular weight excluding hydrogens is 345 g/mol. The van der Waals surface area contributed by atoms with Crippen molar-refractivity contribution in [2.45, 2.75) is 32.0 Å². The van der Waals surface area contributed by atoms with Crippen molar-refractivity contribution in [3.8, 4) is 0 Å². The summed E-state index contributed by atoms with van der Waals surface area (Å²) >= 11 is 0. The molecule has 2 aliphatic heterocycles. The monoisotopic (exact) mass is 367 g/mol. The molecule has 0 radical (unpaired) electrons. The molecule has 1 saturated heterocycles. The Morgan fingerprint density at radius 3 is 3.06 bits per heavy atom. The minimum Gasteiger partial charge on any atom is -0.496 e. The second-order valence-corrected chi connectivity index (χ2v) is 4.53. The second kappa shape index (κ2) is 7.83. The highest BCUT2D eigenvalue weighted by molar-refractivity contribution is 14.0. The van der Waals surface area contributed by atoms with Crippen LogP contribution in [-0.2, 0) is 9.47 Å². The summed E-state index contributed by atoms with van der Waals surface area (Å²) in [5.74, 6) is 0.610. The lowest BCUT2D eigenvalue weighted by molar-refractivity contribution is 0.00519. The molecule has 2 heterocycles. The van der Waals surface area contributed by atoms with Crippen LogP contribution in [0.15, 0.2) is 17.3 Å². The molecule has 0 aromatic rings. The van der Waals surface area contributed by atoms with Crippen LogP contribution in [0.1, 0.15) is 19.8 Å². The minimum atomic E-state index is 0. The summed E-state index contributed by atoms with van der Waals surface area (Å²) < 4.78 is 10.9. The van der Waals surface area contributed by atoms with Gasteiger partial charge in [0.2, 0.25) is 0 Å². The molecule has 2 N–H and O–H groups in total. The standard InChI is InChI=1S/C12H21N3O2.HI/c1-10-9-15(5-7-16-10)12(13)14-8-11-4-2-3-6-17-11;/h3,6,10-11H,2,4-5,7-9H2,1H3,(H2,13,14);1H. The van der Waals surface area contributed by atoms with Crippen molar-refractivity contribution in [1.82, 2.24) is 4.90 Å². The largest absolute Gasteiger partial charge is 0.496 e. The van der Waals surface area contributed by atoms with Gasteiger partial charge in [-0.3, -0.25) is 0 Å². The van der Waals surface area contributed by atoms with E-state index in [0.29, 0.717) is 12.5 Å². The molecule has 5 nitrogen and oxygen atoms in total. The minimum absolute atomic E-state index is 0. The molecule has 1 fully saturated rings. The van der Waals surface area contributed by atoms with E-state index >= 15 is 0 Å². The van der Waals surface area contributed by atoms with Gasteiger partial charge in [-0.15, -0.1) is 24.0 Å². The van der Waals surface area contributed by atoms with E-state index in [0.717, 1.165) is 32.5 Å². The van der Waals surface area contributed by atoms with Crippen LogP contribution in [0.4, 0.5) is 0 Å². The summed E-state index contributed by atoms with van der Waals surface area (Å²) in [6.45, 7) is 5.06. The van der Waals surface area contributed by atoms with Crippen LogP contribution in [0, 0.1) is 0 Å². The van der Waals surface area contributed by atoms with Crippen molar-refractivity contribution in [2.24, 2.45) is 10.7 Å². The van der Waals surface area contributed by atoms with Crippen LogP contribution in [0.25, 0.3) is 0 Å². The number of halogens is 1. The molecule has 0 saturated carbocycles. The third-order valence-corrected chi connectivity index (χ3v) is 3.04. The number of nitrogens with zero attached hydrogens (tertiary/aromatic N) is 2. The molecule has 2 aliphatic rings. The normalized spacial score (nSPS) is 28.5. The third-order valence-electron chi connectivity index (χ3n) is 3.04. The summed E-state index contributed by atoms with van der Waals surface area (Å²) in [4.78, 5) is 6.49. The fraction of sp³-hybridized carbons (Fsp3) is 0.750. The van der Waals surface area contributed by atoms with Crippen molar-refractivity contribution >= 4 is 29.9 Å². The first-order chi connectivity index (χ1) is 8.25. The summed E-state index contributed by atoms with van der Waals surface area (Å²) in [7, 11) is 0. The summed E-state index contributed by atoms with van der Waals surface area (Å²) in [6, 6.07) is 0. The molecule has 0 aromatic carbocycles. The highest BCUT2D eigenvalue weighted by atomic mass is 127. The number of allylic oxidation sites excluding steroid dienone is 1. The van der Waals surface area contributed by atoms with Crippen molar-refractivity contribution in [1.29, 1.82) is 0 Å². The van der Waals surface area contributed by atoms with E-state index in [4.69, 9.17) is 15.2 Å². The van der Waals surface area contributed by atoms with Crippen LogP contribution in [0.3, 0.4) is 0 Å². The summed E-state index contributed by atoms with van der Waals surface area (Å²) in [6.07, 6.45) is 6.29. The van der Waals surface area contributed by atoms with E-state index in [2.05, 4.69) is 16.8 Å². The van der Waals surface area contributed by atoms with Crippen molar-refractivity contribution in [3.63, 3.8) is 0 Å². The molecule has 18 heavy (non-hydrogen) atoms. The maximum Gasteiger partial charge on any atom is 0.191 e. The quantitative estimate of drug-likeness (QED) is 0.455. The third kappa shape index (κ3) is 4.64. The molecule has 0 amide bonds. The molecule has 6 heteroatoms. The molecular formula is C12H22IN3O2. The average Bonchev–Trinajstić information content (AvgIpc) is 2.37. The Balaban J connectivity index is 0.00000162. The molecule has 104 valence electrons. The van der Waals surface area contributed by atoms with Gasteiger partial charge in [0, 0.05) is 13.1 Å². The van der Waals surface area contributed by atoms with Gasteiger partial charge in [0.15, 0.2) is 5.96 Å². The number of nitrogens with two attached hydrogens (primary N) is 1. The average molecular weight is 367 g/mol.